The van der Waals surface area contributed by atoms with Gasteiger partial charge in [0.25, 0.3) is 5.92 Å². The number of halogens is 2. The molecule has 136 valence electrons. The minimum absolute atomic E-state index is 0.116. The van der Waals surface area contributed by atoms with Gasteiger partial charge in [-0.3, -0.25) is 4.40 Å². The maximum Gasteiger partial charge on any atom is 0.285 e. The highest BCUT2D eigenvalue weighted by atomic mass is 19.3. The summed E-state index contributed by atoms with van der Waals surface area (Å²) < 4.78 is 29.2. The van der Waals surface area contributed by atoms with Crippen molar-refractivity contribution in [2.24, 2.45) is 5.92 Å². The van der Waals surface area contributed by atoms with E-state index in [1.807, 2.05) is 12.3 Å². The van der Waals surface area contributed by atoms with Crippen LogP contribution in [-0.4, -0.2) is 48.0 Å². The maximum atomic E-state index is 13.6. The number of nitrogens with one attached hydrogen (secondary N) is 1. The standard InChI is InChI=1S/C18H20F2N6/c1-2-11-7-12(25-6-4-18(19,20)10-25)8-13(11)17-24-23-15-9-22-16-14(26(15)17)3-5-21-16/h3-6,9,11-13,21H,2,7-8,10H2,1H3/t11-,12+,13+/m1/s1. The number of fused-ring (bicyclic) bond motifs is 3. The first-order chi connectivity index (χ1) is 12.6. The van der Waals surface area contributed by atoms with Gasteiger partial charge in [-0.1, -0.05) is 13.3 Å². The van der Waals surface area contributed by atoms with Crippen LogP contribution in [0.4, 0.5) is 8.78 Å². The average Bonchev–Trinajstić information content (AvgIpc) is 3.37. The van der Waals surface area contributed by atoms with E-state index in [2.05, 4.69) is 31.5 Å². The molecule has 0 saturated heterocycles. The maximum absolute atomic E-state index is 13.6. The molecular weight excluding hydrogens is 338 g/mol. The first-order valence-electron chi connectivity index (χ1n) is 9.06. The van der Waals surface area contributed by atoms with Crippen LogP contribution in [0.1, 0.15) is 37.9 Å². The molecule has 0 amide bonds. The molecule has 3 atom stereocenters. The summed E-state index contributed by atoms with van der Waals surface area (Å²) in [5, 5.41) is 8.77. The van der Waals surface area contributed by atoms with Crippen molar-refractivity contribution in [3.05, 3.63) is 36.6 Å². The molecule has 6 nitrogen and oxygen atoms in total. The molecule has 0 radical (unpaired) electrons. The quantitative estimate of drug-likeness (QED) is 0.780. The van der Waals surface area contributed by atoms with Crippen LogP contribution in [-0.2, 0) is 0 Å². The van der Waals surface area contributed by atoms with Crippen LogP contribution in [0, 0.1) is 5.92 Å². The average molecular weight is 358 g/mol. The lowest BCUT2D eigenvalue weighted by atomic mass is 9.93. The van der Waals surface area contributed by atoms with Crippen molar-refractivity contribution in [2.45, 2.75) is 44.1 Å². The molecule has 26 heavy (non-hydrogen) atoms. The lowest BCUT2D eigenvalue weighted by Gasteiger charge is -2.25. The molecule has 5 rings (SSSR count). The predicted molar refractivity (Wildman–Crippen MR) is 93.0 cm³/mol. The fraction of sp³-hybridized carbons (Fsp3) is 0.500. The van der Waals surface area contributed by atoms with Crippen molar-refractivity contribution < 1.29 is 8.78 Å². The van der Waals surface area contributed by atoms with Crippen molar-refractivity contribution in [2.75, 3.05) is 6.54 Å². The van der Waals surface area contributed by atoms with Gasteiger partial charge < -0.3 is 9.88 Å². The van der Waals surface area contributed by atoms with Crippen LogP contribution in [0.2, 0.25) is 0 Å². The zero-order valence-electron chi connectivity index (χ0n) is 14.4. The number of aromatic amines is 1. The summed E-state index contributed by atoms with van der Waals surface area (Å²) >= 11 is 0. The largest absolute Gasteiger partial charge is 0.368 e. The molecule has 8 heteroatoms. The van der Waals surface area contributed by atoms with Gasteiger partial charge in [-0.25, -0.2) is 4.98 Å². The van der Waals surface area contributed by atoms with Gasteiger partial charge in [-0.15, -0.1) is 10.2 Å². The number of hydrogen-bond donors (Lipinski definition) is 1. The molecule has 1 aliphatic heterocycles. The highest BCUT2D eigenvalue weighted by Gasteiger charge is 2.43. The molecule has 3 aromatic rings. The Morgan fingerprint density at radius 3 is 2.96 bits per heavy atom. The van der Waals surface area contributed by atoms with E-state index in [1.54, 1.807) is 17.3 Å². The summed E-state index contributed by atoms with van der Waals surface area (Å²) in [6, 6.07) is 2.09. The highest BCUT2D eigenvalue weighted by Crippen LogP contribution is 2.44. The third-order valence-corrected chi connectivity index (χ3v) is 5.87. The monoisotopic (exact) mass is 358 g/mol. The number of alkyl halides is 2. The molecule has 0 aromatic carbocycles. The van der Waals surface area contributed by atoms with Crippen LogP contribution in [0.25, 0.3) is 16.8 Å². The summed E-state index contributed by atoms with van der Waals surface area (Å²) in [7, 11) is 0. The van der Waals surface area contributed by atoms with Gasteiger partial charge in [-0.05, 0) is 24.8 Å². The van der Waals surface area contributed by atoms with E-state index in [0.29, 0.717) is 5.92 Å². The third-order valence-electron chi connectivity index (χ3n) is 5.87. The SMILES string of the molecule is CC[C@@H]1C[C@H](N2C=CC(F)(F)C2)C[C@@H]1c1nnc2cnc3[nH]ccc3n12. The molecule has 0 unspecified atom stereocenters. The van der Waals surface area contributed by atoms with Crippen LogP contribution in [0.5, 0.6) is 0 Å². The predicted octanol–water partition coefficient (Wildman–Crippen LogP) is 3.34. The minimum atomic E-state index is -2.72. The summed E-state index contributed by atoms with van der Waals surface area (Å²) in [5.41, 5.74) is 2.47. The van der Waals surface area contributed by atoms with E-state index in [9.17, 15) is 8.78 Å². The minimum Gasteiger partial charge on any atom is -0.368 e. The van der Waals surface area contributed by atoms with Gasteiger partial charge in [-0.2, -0.15) is 8.78 Å². The zero-order valence-corrected chi connectivity index (χ0v) is 14.4. The number of rotatable bonds is 3. The normalized spacial score (nSPS) is 28.0. The Balaban J connectivity index is 1.52. The van der Waals surface area contributed by atoms with Crippen LogP contribution in [0.3, 0.4) is 0 Å². The fourth-order valence-electron chi connectivity index (χ4n) is 4.58. The third kappa shape index (κ3) is 2.31. The van der Waals surface area contributed by atoms with Gasteiger partial charge in [0.1, 0.15) is 5.82 Å². The Hall–Kier alpha value is -2.51. The van der Waals surface area contributed by atoms with Gasteiger partial charge in [0, 0.05) is 30.4 Å². The number of aromatic nitrogens is 5. The molecule has 0 spiro atoms. The summed E-state index contributed by atoms with van der Waals surface area (Å²) in [6.45, 7) is 1.94. The number of nitrogens with zero attached hydrogens (tertiary/aromatic N) is 5. The lowest BCUT2D eigenvalue weighted by Crippen LogP contribution is -2.33. The summed E-state index contributed by atoms with van der Waals surface area (Å²) in [5.74, 6) is -1.21. The lowest BCUT2D eigenvalue weighted by molar-refractivity contribution is 0.0359. The van der Waals surface area contributed by atoms with Gasteiger partial charge in [0.2, 0.25) is 0 Å². The molecule has 3 aromatic heterocycles. The number of H-pyrrole nitrogens is 1. The highest BCUT2D eigenvalue weighted by molar-refractivity contribution is 5.74. The molecule has 1 N–H and O–H groups in total. The van der Waals surface area contributed by atoms with Crippen molar-refractivity contribution in [1.29, 1.82) is 0 Å². The molecule has 1 saturated carbocycles. The first kappa shape index (κ1) is 15.7. The first-order valence-corrected chi connectivity index (χ1v) is 9.06. The Labute approximate surface area is 148 Å². The summed E-state index contributed by atoms with van der Waals surface area (Å²) in [4.78, 5) is 9.29. The second-order valence-electron chi connectivity index (χ2n) is 7.37. The molecule has 4 heterocycles. The van der Waals surface area contributed by atoms with Crippen molar-refractivity contribution >= 4 is 16.8 Å². The Bertz CT molecular complexity index is 990. The van der Waals surface area contributed by atoms with Gasteiger partial charge in [0.05, 0.1) is 18.3 Å². The Morgan fingerprint density at radius 2 is 2.19 bits per heavy atom. The summed E-state index contributed by atoms with van der Waals surface area (Å²) in [6.07, 6.45) is 8.86. The van der Waals surface area contributed by atoms with E-state index in [-0.39, 0.29) is 18.5 Å². The second-order valence-corrected chi connectivity index (χ2v) is 7.37. The van der Waals surface area contributed by atoms with Crippen molar-refractivity contribution in [3.8, 4) is 0 Å². The van der Waals surface area contributed by atoms with Crippen molar-refractivity contribution in [1.82, 2.24) is 29.5 Å². The number of hydrogen-bond acceptors (Lipinski definition) is 4. The van der Waals surface area contributed by atoms with E-state index >= 15 is 0 Å². The zero-order chi connectivity index (χ0) is 17.9. The van der Waals surface area contributed by atoms with E-state index in [1.165, 1.54) is 0 Å². The molecule has 1 fully saturated rings. The Kier molecular flexibility index (Phi) is 3.32. The topological polar surface area (TPSA) is 62.1 Å². The van der Waals surface area contributed by atoms with E-state index in [4.69, 9.17) is 0 Å². The van der Waals surface area contributed by atoms with E-state index in [0.717, 1.165) is 48.0 Å². The van der Waals surface area contributed by atoms with Gasteiger partial charge in [0.15, 0.2) is 11.3 Å². The molecule has 2 aliphatic rings. The van der Waals surface area contributed by atoms with E-state index < -0.39 is 5.92 Å². The fourth-order valence-corrected chi connectivity index (χ4v) is 4.58. The van der Waals surface area contributed by atoms with Crippen LogP contribution >= 0.6 is 0 Å². The molecular formula is C18H20F2N6. The molecule has 0 bridgehead atoms. The molecule has 1 aliphatic carbocycles. The smallest absolute Gasteiger partial charge is 0.285 e. The van der Waals surface area contributed by atoms with Crippen LogP contribution in [0.15, 0.2) is 30.7 Å². The second kappa shape index (κ2) is 5.49. The van der Waals surface area contributed by atoms with Crippen molar-refractivity contribution in [3.63, 3.8) is 0 Å². The van der Waals surface area contributed by atoms with Crippen LogP contribution < -0.4 is 0 Å². The Morgan fingerprint density at radius 1 is 1.31 bits per heavy atom. The van der Waals surface area contributed by atoms with Gasteiger partial charge >= 0.3 is 0 Å².